The molecule has 0 nitrogen and oxygen atoms in total. The summed E-state index contributed by atoms with van der Waals surface area (Å²) in [5.41, 5.74) is 4.07. The van der Waals surface area contributed by atoms with E-state index in [0.717, 1.165) is 23.7 Å². The van der Waals surface area contributed by atoms with Gasteiger partial charge in [-0.1, -0.05) is 26.8 Å². The van der Waals surface area contributed by atoms with Gasteiger partial charge in [-0.05, 0) is 97.9 Å². The lowest BCUT2D eigenvalue weighted by Crippen LogP contribution is -2.55. The van der Waals surface area contributed by atoms with Crippen LogP contribution in [0.3, 0.4) is 0 Å². The summed E-state index contributed by atoms with van der Waals surface area (Å²) >= 11 is 6.78. The van der Waals surface area contributed by atoms with Crippen LogP contribution in [0.25, 0.3) is 0 Å². The molecule has 0 amide bonds. The Morgan fingerprint density at radius 1 is 1.00 bits per heavy atom. The second-order valence-corrected chi connectivity index (χ2v) is 10.0. The summed E-state index contributed by atoms with van der Waals surface area (Å²) < 4.78 is 0. The molecule has 0 N–H and O–H groups in total. The first-order valence-electron chi connectivity index (χ1n) is 10.0. The fourth-order valence-electron chi connectivity index (χ4n) is 7.74. The minimum absolute atomic E-state index is 0.421. The molecule has 3 unspecified atom stereocenters. The van der Waals surface area contributed by atoms with Gasteiger partial charge < -0.3 is 0 Å². The van der Waals surface area contributed by atoms with Crippen molar-refractivity contribution in [2.24, 2.45) is 40.4 Å². The van der Waals surface area contributed by atoms with E-state index in [4.69, 9.17) is 11.6 Å². The van der Waals surface area contributed by atoms with Crippen LogP contribution < -0.4 is 0 Å². The average molecular weight is 333 g/mol. The van der Waals surface area contributed by atoms with Crippen molar-refractivity contribution in [2.45, 2.75) is 77.0 Å². The number of rotatable bonds is 1. The average Bonchev–Trinajstić information content (AvgIpc) is 2.84. The third-order valence-electron chi connectivity index (χ3n) is 9.03. The normalized spacial score (nSPS) is 55.3. The van der Waals surface area contributed by atoms with E-state index in [1.807, 2.05) is 0 Å². The molecule has 0 radical (unpaired) electrons. The van der Waals surface area contributed by atoms with Gasteiger partial charge in [-0.2, -0.15) is 0 Å². The molecule has 0 bridgehead atoms. The van der Waals surface area contributed by atoms with Crippen LogP contribution in [-0.4, -0.2) is 5.38 Å². The third-order valence-corrected chi connectivity index (χ3v) is 9.75. The summed E-state index contributed by atoms with van der Waals surface area (Å²) in [5.74, 6) is 4.37. The molecule has 4 fully saturated rings. The minimum Gasteiger partial charge on any atom is -0.133 e. The molecule has 4 aliphatic carbocycles. The van der Waals surface area contributed by atoms with Gasteiger partial charge in [0, 0.05) is 5.38 Å². The molecule has 0 aromatic carbocycles. The highest BCUT2D eigenvalue weighted by molar-refractivity contribution is 6.21. The van der Waals surface area contributed by atoms with E-state index >= 15 is 0 Å². The maximum absolute atomic E-state index is 6.78. The number of hydrogen-bond donors (Lipinski definition) is 0. The first-order chi connectivity index (χ1) is 11.0. The van der Waals surface area contributed by atoms with Crippen LogP contribution in [0.5, 0.6) is 0 Å². The van der Waals surface area contributed by atoms with Crippen LogP contribution in [0.4, 0.5) is 0 Å². The number of fused-ring (bicyclic) bond motifs is 5. The molecule has 4 saturated carbocycles. The number of alkyl halides is 1. The molecule has 0 aromatic heterocycles. The molecule has 0 aromatic rings. The minimum atomic E-state index is 0.421. The van der Waals surface area contributed by atoms with Crippen molar-refractivity contribution in [3.63, 3.8) is 0 Å². The van der Waals surface area contributed by atoms with Crippen molar-refractivity contribution < 1.29 is 0 Å². The standard InChI is InChI=1S/C22H33Cl/c1-4-6-15-7-5-8-16-9-10-17-18-11-12-20(23)21(18,2)14-13-19(17)22(15,16)3/h6,15-20H,1,5,7-14H2,2-3H3/t15?,16?,17-,18-,19-,20?,21-,22-/m0/s1. The molecule has 4 aliphatic rings. The van der Waals surface area contributed by atoms with E-state index in [1.54, 1.807) is 0 Å². The van der Waals surface area contributed by atoms with Crippen molar-refractivity contribution in [3.05, 3.63) is 18.4 Å². The maximum Gasteiger partial charge on any atom is 0.0392 e. The van der Waals surface area contributed by atoms with Crippen LogP contribution in [-0.2, 0) is 0 Å². The van der Waals surface area contributed by atoms with Crippen molar-refractivity contribution in [2.75, 3.05) is 0 Å². The maximum atomic E-state index is 6.78. The molecule has 0 heterocycles. The van der Waals surface area contributed by atoms with Gasteiger partial charge in [0.2, 0.25) is 0 Å². The van der Waals surface area contributed by atoms with Crippen molar-refractivity contribution >= 4 is 11.6 Å². The summed E-state index contributed by atoms with van der Waals surface area (Å²) in [6.45, 7) is 9.05. The smallest absolute Gasteiger partial charge is 0.0392 e. The highest BCUT2D eigenvalue weighted by Crippen LogP contribution is 2.68. The van der Waals surface area contributed by atoms with Gasteiger partial charge in [0.1, 0.15) is 0 Å². The molecule has 128 valence electrons. The fraction of sp³-hybridized carbons (Fsp3) is 0.864. The van der Waals surface area contributed by atoms with Crippen LogP contribution >= 0.6 is 11.6 Å². The zero-order valence-corrected chi connectivity index (χ0v) is 15.7. The van der Waals surface area contributed by atoms with E-state index in [1.165, 1.54) is 57.8 Å². The quantitative estimate of drug-likeness (QED) is 0.375. The van der Waals surface area contributed by atoms with Gasteiger partial charge >= 0.3 is 0 Å². The Hall–Kier alpha value is -0.190. The fourth-order valence-corrected chi connectivity index (χ4v) is 8.14. The second kappa shape index (κ2) is 5.67. The van der Waals surface area contributed by atoms with Crippen LogP contribution in [0.2, 0.25) is 0 Å². The summed E-state index contributed by atoms with van der Waals surface area (Å²) in [5, 5.41) is 0.425. The van der Waals surface area contributed by atoms with Crippen molar-refractivity contribution in [1.82, 2.24) is 0 Å². The number of hydrogen-bond acceptors (Lipinski definition) is 0. The summed E-state index contributed by atoms with van der Waals surface area (Å²) in [6, 6.07) is 0. The first kappa shape index (κ1) is 16.3. The Morgan fingerprint density at radius 3 is 2.61 bits per heavy atom. The van der Waals surface area contributed by atoms with Gasteiger partial charge in [0.25, 0.3) is 0 Å². The third kappa shape index (κ3) is 2.17. The van der Waals surface area contributed by atoms with Gasteiger partial charge in [0.15, 0.2) is 0 Å². The summed E-state index contributed by atoms with van der Waals surface area (Å²) in [7, 11) is 0. The van der Waals surface area contributed by atoms with Gasteiger partial charge in [-0.3, -0.25) is 0 Å². The number of halogens is 1. The zero-order chi connectivity index (χ0) is 16.2. The topological polar surface area (TPSA) is 0 Å². The van der Waals surface area contributed by atoms with Gasteiger partial charge in [-0.25, -0.2) is 0 Å². The highest BCUT2D eigenvalue weighted by Gasteiger charge is 2.61. The van der Waals surface area contributed by atoms with E-state index in [2.05, 4.69) is 32.2 Å². The monoisotopic (exact) mass is 332 g/mol. The molecule has 0 aliphatic heterocycles. The second-order valence-electron chi connectivity index (χ2n) is 9.51. The van der Waals surface area contributed by atoms with Gasteiger partial charge in [0.05, 0.1) is 0 Å². The lowest BCUT2D eigenvalue weighted by Gasteiger charge is -2.62. The van der Waals surface area contributed by atoms with Gasteiger partial charge in [-0.15, -0.1) is 17.3 Å². The lowest BCUT2D eigenvalue weighted by molar-refractivity contribution is -0.121. The zero-order valence-electron chi connectivity index (χ0n) is 15.0. The predicted octanol–water partition coefficient (Wildman–Crippen LogP) is 6.59. The van der Waals surface area contributed by atoms with E-state index in [0.29, 0.717) is 22.1 Å². The van der Waals surface area contributed by atoms with Crippen LogP contribution in [0.1, 0.15) is 71.6 Å². The summed E-state index contributed by atoms with van der Waals surface area (Å²) in [4.78, 5) is 0. The molecule has 0 spiro atoms. The Bertz CT molecular complexity index is 518. The molecule has 0 saturated heterocycles. The van der Waals surface area contributed by atoms with Crippen LogP contribution in [0, 0.1) is 40.4 Å². The molecule has 1 heteroatoms. The summed E-state index contributed by atoms with van der Waals surface area (Å²) in [6.07, 6.45) is 14.9. The molecule has 4 rings (SSSR count). The highest BCUT2D eigenvalue weighted by atomic mass is 35.5. The lowest BCUT2D eigenvalue weighted by atomic mass is 9.43. The van der Waals surface area contributed by atoms with Crippen LogP contribution in [0.15, 0.2) is 18.4 Å². The number of allylic oxidation sites excluding steroid dienone is 1. The Labute approximate surface area is 147 Å². The SMILES string of the molecule is C=C=CC1CCCC2CC[C@@H]3[C@H](CC[C@]4(C)C(Cl)CC[C@@H]34)[C@@]12C. The Morgan fingerprint density at radius 2 is 1.83 bits per heavy atom. The first-order valence-corrected chi connectivity index (χ1v) is 10.5. The molecule has 23 heavy (non-hydrogen) atoms. The Balaban J connectivity index is 1.69. The predicted molar refractivity (Wildman–Crippen MR) is 98.6 cm³/mol. The molecular weight excluding hydrogens is 300 g/mol. The molecular formula is C22H33Cl. The molecule has 8 atom stereocenters. The van der Waals surface area contributed by atoms with Crippen molar-refractivity contribution in [1.29, 1.82) is 0 Å². The Kier molecular flexibility index (Phi) is 4.02. The van der Waals surface area contributed by atoms with Crippen molar-refractivity contribution in [3.8, 4) is 0 Å². The van der Waals surface area contributed by atoms with E-state index in [9.17, 15) is 0 Å². The van der Waals surface area contributed by atoms with E-state index in [-0.39, 0.29) is 0 Å². The van der Waals surface area contributed by atoms with E-state index < -0.39 is 0 Å². The largest absolute Gasteiger partial charge is 0.133 e.